The van der Waals surface area contributed by atoms with Gasteiger partial charge in [0.1, 0.15) is 5.56 Å². The summed E-state index contributed by atoms with van der Waals surface area (Å²) in [4.78, 5) is 30.6. The number of aromatic hydroxyl groups is 1. The molecule has 6 heteroatoms. The smallest absolute Gasteiger partial charge is 0.328 e. The Labute approximate surface area is 84.7 Å². The number of aliphatic imine (C=N–C) groups is 1. The third-order valence-electron chi connectivity index (χ3n) is 2.21. The van der Waals surface area contributed by atoms with Crippen LogP contribution in [0.1, 0.15) is 25.3 Å². The summed E-state index contributed by atoms with van der Waals surface area (Å²) in [7, 11) is 0. The van der Waals surface area contributed by atoms with Gasteiger partial charge in [0.15, 0.2) is 0 Å². The SMILES string of the molecule is CC(=NC1CC1)c1c(O)[nH]c(=O)[nH]c1=O. The zero-order valence-corrected chi connectivity index (χ0v) is 8.20. The van der Waals surface area contributed by atoms with E-state index in [0.717, 1.165) is 12.8 Å². The number of hydrogen-bond acceptors (Lipinski definition) is 4. The Morgan fingerprint density at radius 3 is 2.60 bits per heavy atom. The molecule has 0 aromatic carbocycles. The number of nitrogens with zero attached hydrogens (tertiary/aromatic N) is 1. The Balaban J connectivity index is 2.51. The van der Waals surface area contributed by atoms with Gasteiger partial charge in [-0.3, -0.25) is 19.8 Å². The van der Waals surface area contributed by atoms with Crippen molar-refractivity contribution in [3.8, 4) is 5.88 Å². The van der Waals surface area contributed by atoms with Gasteiger partial charge in [-0.25, -0.2) is 4.79 Å². The van der Waals surface area contributed by atoms with E-state index in [2.05, 4.69) is 9.98 Å². The van der Waals surface area contributed by atoms with Crippen LogP contribution in [-0.2, 0) is 0 Å². The van der Waals surface area contributed by atoms with Crippen LogP contribution in [0.25, 0.3) is 0 Å². The first kappa shape index (κ1) is 9.70. The number of aromatic amines is 2. The fraction of sp³-hybridized carbons (Fsp3) is 0.444. The van der Waals surface area contributed by atoms with E-state index in [0.29, 0.717) is 5.71 Å². The van der Waals surface area contributed by atoms with Crippen molar-refractivity contribution in [1.29, 1.82) is 0 Å². The molecule has 0 saturated heterocycles. The second-order valence-corrected chi connectivity index (χ2v) is 3.58. The molecule has 0 bridgehead atoms. The largest absolute Gasteiger partial charge is 0.494 e. The summed E-state index contributed by atoms with van der Waals surface area (Å²) >= 11 is 0. The van der Waals surface area contributed by atoms with E-state index in [9.17, 15) is 14.7 Å². The van der Waals surface area contributed by atoms with Gasteiger partial charge in [-0.15, -0.1) is 0 Å². The molecule has 1 aromatic rings. The number of rotatable bonds is 2. The second-order valence-electron chi connectivity index (χ2n) is 3.58. The molecular weight excluding hydrogens is 198 g/mol. The van der Waals surface area contributed by atoms with Crippen molar-refractivity contribution < 1.29 is 5.11 Å². The molecular formula is C9H11N3O3. The molecule has 3 N–H and O–H groups in total. The molecule has 0 amide bonds. The lowest BCUT2D eigenvalue weighted by atomic mass is 10.2. The van der Waals surface area contributed by atoms with Crippen LogP contribution in [0.3, 0.4) is 0 Å². The Morgan fingerprint density at radius 2 is 2.07 bits per heavy atom. The molecule has 1 aliphatic rings. The van der Waals surface area contributed by atoms with Gasteiger partial charge >= 0.3 is 5.69 Å². The standard InChI is InChI=1S/C9H11N3O3/c1-4(10-5-2-3-5)6-7(13)11-9(15)12-8(6)14/h5H,2-3H2,1H3,(H3,11,12,13,14,15). The lowest BCUT2D eigenvalue weighted by Gasteiger charge is -2.01. The highest BCUT2D eigenvalue weighted by molar-refractivity contribution is 6.00. The first-order chi connectivity index (χ1) is 7.08. The Bertz CT molecular complexity index is 522. The molecule has 0 spiro atoms. The summed E-state index contributed by atoms with van der Waals surface area (Å²) in [5.74, 6) is -0.425. The summed E-state index contributed by atoms with van der Waals surface area (Å²) in [6.07, 6.45) is 2.03. The predicted molar refractivity (Wildman–Crippen MR) is 54.6 cm³/mol. The minimum Gasteiger partial charge on any atom is -0.494 e. The third-order valence-corrected chi connectivity index (χ3v) is 2.21. The minimum atomic E-state index is -0.722. The van der Waals surface area contributed by atoms with Gasteiger partial charge < -0.3 is 5.11 Å². The van der Waals surface area contributed by atoms with E-state index < -0.39 is 17.1 Å². The zero-order chi connectivity index (χ0) is 11.0. The van der Waals surface area contributed by atoms with Gasteiger partial charge in [0, 0.05) is 0 Å². The monoisotopic (exact) mass is 209 g/mol. The second kappa shape index (κ2) is 3.38. The van der Waals surface area contributed by atoms with E-state index in [4.69, 9.17) is 0 Å². The topological polar surface area (TPSA) is 98.3 Å². The Morgan fingerprint density at radius 1 is 1.40 bits per heavy atom. The van der Waals surface area contributed by atoms with Crippen LogP contribution in [0.15, 0.2) is 14.6 Å². The molecule has 15 heavy (non-hydrogen) atoms. The fourth-order valence-corrected chi connectivity index (χ4v) is 1.35. The van der Waals surface area contributed by atoms with Crippen molar-refractivity contribution in [2.45, 2.75) is 25.8 Å². The van der Waals surface area contributed by atoms with Crippen LogP contribution in [0.2, 0.25) is 0 Å². The highest BCUT2D eigenvalue weighted by Gasteiger charge is 2.22. The van der Waals surface area contributed by atoms with Crippen molar-refractivity contribution >= 4 is 5.71 Å². The van der Waals surface area contributed by atoms with Gasteiger partial charge in [0.2, 0.25) is 5.88 Å². The minimum absolute atomic E-state index is 0.0431. The maximum Gasteiger partial charge on any atom is 0.328 e. The summed E-state index contributed by atoms with van der Waals surface area (Å²) in [5, 5.41) is 9.42. The average Bonchev–Trinajstić information content (AvgIpc) is 2.85. The molecule has 1 heterocycles. The molecule has 1 aliphatic carbocycles. The number of hydrogen-bond donors (Lipinski definition) is 3. The summed E-state index contributed by atoms with van der Waals surface area (Å²) in [5.41, 5.74) is -0.840. The van der Waals surface area contributed by atoms with Gasteiger partial charge in [-0.05, 0) is 19.8 Å². The van der Waals surface area contributed by atoms with Crippen LogP contribution >= 0.6 is 0 Å². The fourth-order valence-electron chi connectivity index (χ4n) is 1.35. The first-order valence-corrected chi connectivity index (χ1v) is 4.68. The quantitative estimate of drug-likeness (QED) is 0.585. The zero-order valence-electron chi connectivity index (χ0n) is 8.20. The van der Waals surface area contributed by atoms with Gasteiger partial charge in [-0.2, -0.15) is 0 Å². The molecule has 1 fully saturated rings. The Hall–Kier alpha value is -1.85. The lowest BCUT2D eigenvalue weighted by Crippen LogP contribution is -2.27. The molecule has 0 aliphatic heterocycles. The third kappa shape index (κ3) is 1.98. The maximum atomic E-state index is 11.4. The van der Waals surface area contributed by atoms with E-state index in [1.807, 2.05) is 4.98 Å². The predicted octanol–water partition coefficient (Wildman–Crippen LogP) is -0.260. The molecule has 1 aromatic heterocycles. The molecule has 80 valence electrons. The van der Waals surface area contributed by atoms with E-state index in [1.165, 1.54) is 0 Å². The number of H-pyrrole nitrogens is 2. The van der Waals surface area contributed by atoms with Crippen molar-refractivity contribution in [3.63, 3.8) is 0 Å². The van der Waals surface area contributed by atoms with Crippen LogP contribution in [0, 0.1) is 0 Å². The van der Waals surface area contributed by atoms with E-state index in [-0.39, 0.29) is 11.6 Å². The van der Waals surface area contributed by atoms with Crippen molar-refractivity contribution in [2.75, 3.05) is 0 Å². The summed E-state index contributed by atoms with van der Waals surface area (Å²) in [6.45, 7) is 1.64. The van der Waals surface area contributed by atoms with Crippen LogP contribution < -0.4 is 11.2 Å². The normalized spacial score (nSPS) is 16.7. The molecule has 0 unspecified atom stereocenters. The van der Waals surface area contributed by atoms with Crippen molar-refractivity contribution in [2.24, 2.45) is 4.99 Å². The number of nitrogens with one attached hydrogen (secondary N) is 2. The molecule has 6 nitrogen and oxygen atoms in total. The van der Waals surface area contributed by atoms with Crippen LogP contribution in [0.4, 0.5) is 0 Å². The van der Waals surface area contributed by atoms with E-state index >= 15 is 0 Å². The highest BCUT2D eigenvalue weighted by Crippen LogP contribution is 2.24. The van der Waals surface area contributed by atoms with Crippen molar-refractivity contribution in [3.05, 3.63) is 26.4 Å². The summed E-state index contributed by atoms with van der Waals surface area (Å²) < 4.78 is 0. The molecule has 0 atom stereocenters. The van der Waals surface area contributed by atoms with Crippen LogP contribution in [-0.4, -0.2) is 26.8 Å². The molecule has 0 radical (unpaired) electrons. The van der Waals surface area contributed by atoms with Crippen LogP contribution in [0.5, 0.6) is 5.88 Å². The average molecular weight is 209 g/mol. The molecule has 1 saturated carbocycles. The van der Waals surface area contributed by atoms with Gasteiger partial charge in [-0.1, -0.05) is 0 Å². The van der Waals surface area contributed by atoms with Gasteiger partial charge in [0.05, 0.1) is 11.8 Å². The lowest BCUT2D eigenvalue weighted by molar-refractivity contribution is 0.447. The summed E-state index contributed by atoms with van der Waals surface area (Å²) in [6, 6.07) is 0.260. The van der Waals surface area contributed by atoms with Gasteiger partial charge in [0.25, 0.3) is 5.56 Å². The maximum absolute atomic E-state index is 11.4. The van der Waals surface area contributed by atoms with E-state index in [1.54, 1.807) is 6.92 Å². The Kier molecular flexibility index (Phi) is 2.18. The number of aromatic nitrogens is 2. The van der Waals surface area contributed by atoms with Crippen molar-refractivity contribution in [1.82, 2.24) is 9.97 Å². The highest BCUT2D eigenvalue weighted by atomic mass is 16.3. The molecule has 2 rings (SSSR count). The first-order valence-electron chi connectivity index (χ1n) is 4.68.